The van der Waals surface area contributed by atoms with Crippen molar-refractivity contribution in [3.8, 4) is 11.5 Å². The molecule has 2 aromatic carbocycles. The Bertz CT molecular complexity index is 974. The highest BCUT2D eigenvalue weighted by atomic mass is 127. The van der Waals surface area contributed by atoms with Gasteiger partial charge >= 0.3 is 0 Å². The van der Waals surface area contributed by atoms with Crippen LogP contribution in [0.4, 0.5) is 4.39 Å². The number of guanidine groups is 1. The Morgan fingerprint density at radius 3 is 2.79 bits per heavy atom. The third-order valence-electron chi connectivity index (χ3n) is 4.47. The fraction of sp³-hybridized carbons (Fsp3) is 0.286. The van der Waals surface area contributed by atoms with Gasteiger partial charge < -0.3 is 25.5 Å². The van der Waals surface area contributed by atoms with Gasteiger partial charge in [-0.2, -0.15) is 0 Å². The second-order valence-electron chi connectivity index (χ2n) is 6.34. The van der Waals surface area contributed by atoms with Crippen molar-refractivity contribution < 1.29 is 14.2 Å². The summed E-state index contributed by atoms with van der Waals surface area (Å²) in [5, 5.41) is 17.5. The molecular weight excluding hydrogens is 486 g/mol. The van der Waals surface area contributed by atoms with Crippen LogP contribution < -0.4 is 15.4 Å². The predicted molar refractivity (Wildman–Crippen MR) is 125 cm³/mol. The molecule has 8 heteroatoms. The van der Waals surface area contributed by atoms with Crippen LogP contribution in [0.5, 0.6) is 11.5 Å². The topological polar surface area (TPSA) is 81.7 Å². The number of ether oxygens (including phenoxy) is 1. The number of halogens is 2. The van der Waals surface area contributed by atoms with Gasteiger partial charge in [0.1, 0.15) is 5.82 Å². The molecular formula is C21H26FIN4O2. The van der Waals surface area contributed by atoms with E-state index in [1.54, 1.807) is 18.2 Å². The summed E-state index contributed by atoms with van der Waals surface area (Å²) < 4.78 is 18.6. The molecule has 0 saturated heterocycles. The highest BCUT2D eigenvalue weighted by Crippen LogP contribution is 2.29. The van der Waals surface area contributed by atoms with E-state index in [1.165, 1.54) is 13.2 Å². The predicted octanol–water partition coefficient (Wildman–Crippen LogP) is 3.94. The number of H-pyrrole nitrogens is 1. The van der Waals surface area contributed by atoms with Gasteiger partial charge in [-0.1, -0.05) is 12.1 Å². The molecule has 1 aromatic heterocycles. The van der Waals surface area contributed by atoms with Gasteiger partial charge in [-0.3, -0.25) is 0 Å². The molecule has 0 unspecified atom stereocenters. The monoisotopic (exact) mass is 512 g/mol. The summed E-state index contributed by atoms with van der Waals surface area (Å²) in [6, 6.07) is 10.1. The number of benzene rings is 2. The number of phenols is 1. The smallest absolute Gasteiger partial charge is 0.191 e. The van der Waals surface area contributed by atoms with Crippen molar-refractivity contribution in [1.82, 2.24) is 15.6 Å². The molecule has 0 aliphatic rings. The Balaban J connectivity index is 0.00000300. The Labute approximate surface area is 186 Å². The number of methoxy groups -OCH3 is 1. The average Bonchev–Trinajstić information content (AvgIpc) is 3.09. The lowest BCUT2D eigenvalue weighted by Crippen LogP contribution is -2.38. The molecule has 0 aliphatic heterocycles. The van der Waals surface area contributed by atoms with E-state index >= 15 is 0 Å². The van der Waals surface area contributed by atoms with Crippen LogP contribution in [0.15, 0.2) is 47.6 Å². The number of fused-ring (bicyclic) bond motifs is 1. The number of para-hydroxylation sites is 1. The first-order valence-electron chi connectivity index (χ1n) is 9.25. The fourth-order valence-electron chi connectivity index (χ4n) is 3.04. The molecule has 156 valence electrons. The number of aromatic hydroxyl groups is 1. The van der Waals surface area contributed by atoms with Crippen LogP contribution >= 0.6 is 24.0 Å². The summed E-state index contributed by atoms with van der Waals surface area (Å²) in [6.07, 6.45) is 2.63. The zero-order valence-electron chi connectivity index (χ0n) is 16.5. The normalized spacial score (nSPS) is 11.2. The van der Waals surface area contributed by atoms with Gasteiger partial charge in [0.05, 0.1) is 13.7 Å². The van der Waals surface area contributed by atoms with Gasteiger partial charge in [0.25, 0.3) is 0 Å². The molecule has 6 nitrogen and oxygen atoms in total. The SMILES string of the molecule is CCNC(=NCc1cccc(OC)c1O)NCCc1c[nH]c2ccc(F)cc12.I. The van der Waals surface area contributed by atoms with Gasteiger partial charge in [-0.25, -0.2) is 9.38 Å². The molecule has 4 N–H and O–H groups in total. The van der Waals surface area contributed by atoms with Gasteiger partial charge in [0, 0.05) is 35.8 Å². The summed E-state index contributed by atoms with van der Waals surface area (Å²) in [6.45, 7) is 3.66. The second kappa shape index (κ2) is 10.9. The summed E-state index contributed by atoms with van der Waals surface area (Å²) in [5.74, 6) is 0.938. The number of aliphatic imine (C=N–C) groups is 1. The molecule has 29 heavy (non-hydrogen) atoms. The minimum atomic E-state index is -0.241. The van der Waals surface area contributed by atoms with E-state index in [-0.39, 0.29) is 35.5 Å². The van der Waals surface area contributed by atoms with Gasteiger partial charge in [-0.05, 0) is 43.2 Å². The van der Waals surface area contributed by atoms with Gasteiger partial charge in [0.15, 0.2) is 17.5 Å². The molecule has 0 fully saturated rings. The van der Waals surface area contributed by atoms with Crippen LogP contribution in [-0.2, 0) is 13.0 Å². The lowest BCUT2D eigenvalue weighted by molar-refractivity contribution is 0.370. The number of nitrogens with zero attached hydrogens (tertiary/aromatic N) is 1. The maximum absolute atomic E-state index is 13.5. The Morgan fingerprint density at radius 1 is 1.21 bits per heavy atom. The summed E-state index contributed by atoms with van der Waals surface area (Å²) in [7, 11) is 1.52. The van der Waals surface area contributed by atoms with Gasteiger partial charge in [0.2, 0.25) is 0 Å². The molecule has 0 bridgehead atoms. The van der Waals surface area contributed by atoms with Crippen molar-refractivity contribution in [2.75, 3.05) is 20.2 Å². The van der Waals surface area contributed by atoms with E-state index < -0.39 is 0 Å². The van der Waals surface area contributed by atoms with E-state index in [4.69, 9.17) is 4.74 Å². The molecule has 3 aromatic rings. The fourth-order valence-corrected chi connectivity index (χ4v) is 3.04. The van der Waals surface area contributed by atoms with Crippen molar-refractivity contribution in [2.24, 2.45) is 4.99 Å². The first-order valence-corrected chi connectivity index (χ1v) is 9.25. The number of phenolic OH excluding ortho intramolecular Hbond substituents is 1. The minimum absolute atomic E-state index is 0. The third kappa shape index (κ3) is 5.75. The molecule has 0 amide bonds. The number of aromatic amines is 1. The van der Waals surface area contributed by atoms with E-state index in [1.807, 2.05) is 25.3 Å². The summed E-state index contributed by atoms with van der Waals surface area (Å²) in [4.78, 5) is 7.69. The first-order chi connectivity index (χ1) is 13.6. The maximum atomic E-state index is 13.5. The molecule has 0 saturated carbocycles. The van der Waals surface area contributed by atoms with Crippen molar-refractivity contribution >= 4 is 40.8 Å². The number of hydrogen-bond acceptors (Lipinski definition) is 3. The van der Waals surface area contributed by atoms with Crippen molar-refractivity contribution in [1.29, 1.82) is 0 Å². The van der Waals surface area contributed by atoms with E-state index in [9.17, 15) is 9.50 Å². The zero-order chi connectivity index (χ0) is 19.9. The van der Waals surface area contributed by atoms with Crippen LogP contribution in [0.3, 0.4) is 0 Å². The zero-order valence-corrected chi connectivity index (χ0v) is 18.8. The quantitative estimate of drug-likeness (QED) is 0.220. The molecule has 0 radical (unpaired) electrons. The molecule has 1 heterocycles. The average molecular weight is 512 g/mol. The largest absolute Gasteiger partial charge is 0.504 e. The van der Waals surface area contributed by atoms with Crippen LogP contribution in [0.1, 0.15) is 18.1 Å². The van der Waals surface area contributed by atoms with Crippen LogP contribution in [0.25, 0.3) is 10.9 Å². The molecule has 0 atom stereocenters. The number of rotatable bonds is 7. The highest BCUT2D eigenvalue weighted by Gasteiger charge is 2.08. The number of aromatic nitrogens is 1. The Hall–Kier alpha value is -2.49. The highest BCUT2D eigenvalue weighted by molar-refractivity contribution is 14.0. The third-order valence-corrected chi connectivity index (χ3v) is 4.47. The minimum Gasteiger partial charge on any atom is -0.504 e. The maximum Gasteiger partial charge on any atom is 0.191 e. The lowest BCUT2D eigenvalue weighted by atomic mass is 10.1. The summed E-state index contributed by atoms with van der Waals surface area (Å²) in [5.41, 5.74) is 2.65. The van der Waals surface area contributed by atoms with E-state index in [0.717, 1.165) is 22.9 Å². The lowest BCUT2D eigenvalue weighted by Gasteiger charge is -2.12. The number of hydrogen-bond donors (Lipinski definition) is 4. The van der Waals surface area contributed by atoms with Crippen LogP contribution in [0.2, 0.25) is 0 Å². The standard InChI is InChI=1S/C21H25FN4O2.HI/c1-3-23-21(26-13-15-5-4-6-19(28-2)20(15)27)24-10-9-14-12-25-18-8-7-16(22)11-17(14)18;/h4-8,11-12,25,27H,3,9-10,13H2,1-2H3,(H2,23,24,26);1H. The molecule has 0 aliphatic carbocycles. The van der Waals surface area contributed by atoms with Crippen molar-refractivity contribution in [2.45, 2.75) is 19.9 Å². The van der Waals surface area contributed by atoms with Crippen LogP contribution in [0, 0.1) is 5.82 Å². The van der Waals surface area contributed by atoms with Crippen molar-refractivity contribution in [3.63, 3.8) is 0 Å². The Kier molecular flexibility index (Phi) is 8.56. The summed E-state index contributed by atoms with van der Waals surface area (Å²) >= 11 is 0. The van der Waals surface area contributed by atoms with E-state index in [2.05, 4.69) is 20.6 Å². The Morgan fingerprint density at radius 2 is 2.03 bits per heavy atom. The molecule has 0 spiro atoms. The number of nitrogens with one attached hydrogen (secondary N) is 3. The molecule has 3 rings (SSSR count). The van der Waals surface area contributed by atoms with E-state index in [0.29, 0.717) is 36.9 Å². The first kappa shape index (κ1) is 22.8. The van der Waals surface area contributed by atoms with Crippen molar-refractivity contribution in [3.05, 3.63) is 59.5 Å². The van der Waals surface area contributed by atoms with Gasteiger partial charge in [-0.15, -0.1) is 24.0 Å². The second-order valence-corrected chi connectivity index (χ2v) is 6.34. The van der Waals surface area contributed by atoms with Crippen LogP contribution in [-0.4, -0.2) is 36.2 Å².